The number of hydrogen-bond acceptors (Lipinski definition) is 6. The molecule has 0 spiro atoms. The van der Waals surface area contributed by atoms with Gasteiger partial charge in [0.05, 0.1) is 5.09 Å². The third kappa shape index (κ3) is 408. The van der Waals surface area contributed by atoms with E-state index in [0.717, 1.165) is 5.34 Å². The first-order chi connectivity index (χ1) is 3.15. The fourth-order valence-electron chi connectivity index (χ4n) is 0. The summed E-state index contributed by atoms with van der Waals surface area (Å²) in [7, 11) is 0. The van der Waals surface area contributed by atoms with Gasteiger partial charge < -0.3 is 43.3 Å². The number of nitrogens with zero attached hydrogens (tertiary/aromatic N) is 2. The van der Waals surface area contributed by atoms with E-state index in [2.05, 4.69) is 0 Å². The van der Waals surface area contributed by atoms with Crippen molar-refractivity contribution in [2.45, 2.75) is 0 Å². The Morgan fingerprint density at radius 3 is 1.08 bits per heavy atom. The average molecular weight is 230 g/mol. The topological polar surface area (TPSA) is 150 Å². The van der Waals surface area contributed by atoms with Gasteiger partial charge in [-0.05, 0) is 0 Å². The molecule has 0 heterocycles. The predicted molar refractivity (Wildman–Crippen MR) is 23.1 cm³/mol. The molecule has 0 amide bonds. The molecule has 0 aromatic carbocycles. The van der Waals surface area contributed by atoms with E-state index in [1.54, 1.807) is 0 Å². The summed E-state index contributed by atoms with van der Waals surface area (Å²) in [5, 5.41) is 23.8. The van der Waals surface area contributed by atoms with Crippen molar-refractivity contribution >= 4 is 0 Å². The molecule has 0 aliphatic carbocycles. The van der Waals surface area contributed by atoms with Gasteiger partial charge in [-0.3, -0.25) is 0 Å². The third-order valence-corrected chi connectivity index (χ3v) is 0. The van der Waals surface area contributed by atoms with Crippen LogP contribution in [0, 0.1) is 25.4 Å². The van der Waals surface area contributed by atoms with Crippen LogP contribution < -0.4 is 101 Å². The maximum atomic E-state index is 8.25. The second-order valence-electron chi connectivity index (χ2n) is 0.298. The first-order valence-corrected chi connectivity index (χ1v) is 0.913. The van der Waals surface area contributed by atoms with Gasteiger partial charge in [0.25, 0.3) is 0 Å². The minimum atomic E-state index is -1.75. The Hall–Kier alpha value is 1.85. The summed E-state index contributed by atoms with van der Waals surface area (Å²) in [5.74, 6) is 0. The first-order valence-electron chi connectivity index (χ1n) is 0.913. The van der Waals surface area contributed by atoms with Crippen molar-refractivity contribution in [3.63, 3.8) is 0 Å². The van der Waals surface area contributed by atoms with E-state index in [1.807, 2.05) is 0 Å². The molecule has 0 fully saturated rings. The molecule has 0 unspecified atom stereocenters. The van der Waals surface area contributed by atoms with Crippen LogP contribution in [-0.2, 0) is 0 Å². The van der Waals surface area contributed by atoms with E-state index in [0.29, 0.717) is 0 Å². The van der Waals surface area contributed by atoms with Crippen LogP contribution in [0.15, 0.2) is 5.34 Å². The van der Waals surface area contributed by atoms with Crippen molar-refractivity contribution in [2.75, 3.05) is 0 Å². The number of rotatable bonds is 0. The summed E-state index contributed by atoms with van der Waals surface area (Å²) >= 11 is 0. The monoisotopic (exact) mass is 230 g/mol. The van der Waals surface area contributed by atoms with Crippen molar-refractivity contribution in [1.82, 2.24) is 0 Å². The zero-order valence-electron chi connectivity index (χ0n) is 6.81. The van der Waals surface area contributed by atoms with Crippen LogP contribution in [0.25, 0.3) is 0 Å². The summed E-state index contributed by atoms with van der Waals surface area (Å²) < 4.78 is 0. The summed E-state index contributed by atoms with van der Waals surface area (Å²) in [4.78, 5) is 16.2. The normalized spacial score (nSPS) is 3.00. The van der Waals surface area contributed by atoms with Gasteiger partial charge in [0.1, 0.15) is 0 Å². The molecule has 2 N–H and O–H groups in total. The van der Waals surface area contributed by atoms with Gasteiger partial charge in [-0.25, -0.2) is 0 Å². The zero-order valence-corrected chi connectivity index (χ0v) is 13.6. The Morgan fingerprint density at radius 2 is 1.08 bits per heavy atom. The van der Waals surface area contributed by atoms with Crippen molar-refractivity contribution in [1.29, 1.82) is 0 Å². The Kier molecular flexibility index (Phi) is 214. The molecule has 0 aliphatic rings. The molecule has 0 saturated heterocycles. The van der Waals surface area contributed by atoms with Crippen LogP contribution in [0.2, 0.25) is 0 Å². The van der Waals surface area contributed by atoms with Gasteiger partial charge in [-0.1, -0.05) is 0 Å². The molecule has 0 rings (SSSR count). The van der Waals surface area contributed by atoms with E-state index in [-0.39, 0.29) is 107 Å². The third-order valence-electron chi connectivity index (χ3n) is 0. The van der Waals surface area contributed by atoms with E-state index in [9.17, 15) is 0 Å². The summed E-state index contributed by atoms with van der Waals surface area (Å²) in [6, 6.07) is 0. The summed E-state index contributed by atoms with van der Waals surface area (Å²) in [5.41, 5.74) is 0. The molecule has 0 aliphatic heterocycles. The standard InChI is InChI=1S/ClH.NO3.HNO2.3Na.H2O/c;2-1(3)4;2-1-3;;;;/h1H;;(H,2,3);;;;1H2/q;-1;;3*+1;/p-2. The molecule has 0 bridgehead atoms. The molecule has 0 radical (unpaired) electrons. The van der Waals surface area contributed by atoms with Gasteiger partial charge >= 0.3 is 88.7 Å². The molecule has 58 valence electrons. The predicted octanol–water partition coefficient (Wildman–Crippen LogP) is -12.8. The Morgan fingerprint density at radius 1 is 1.08 bits per heavy atom. The molecule has 0 saturated carbocycles. The fraction of sp³-hybridized carbons (Fsp3) is 0. The molecule has 8 nitrogen and oxygen atoms in total. The number of hydrogen-bond donors (Lipinski definition) is 0. The number of halogens is 1. The molecule has 12 heteroatoms. The van der Waals surface area contributed by atoms with Crippen molar-refractivity contribution in [2.24, 2.45) is 5.34 Å². The van der Waals surface area contributed by atoms with Crippen LogP contribution in [0.4, 0.5) is 0 Å². The van der Waals surface area contributed by atoms with E-state index < -0.39 is 5.09 Å². The molecule has 12 heavy (non-hydrogen) atoms. The Labute approximate surface area is 140 Å². The smallest absolute Gasteiger partial charge is 1.00 e. The second kappa shape index (κ2) is 52.7. The van der Waals surface area contributed by atoms with Crippen LogP contribution in [0.3, 0.4) is 0 Å². The van der Waals surface area contributed by atoms with E-state index in [1.165, 1.54) is 0 Å². The quantitative estimate of drug-likeness (QED) is 0.175. The average Bonchev–Trinajstić information content (AvgIpc) is 1.33. The van der Waals surface area contributed by atoms with E-state index in [4.69, 9.17) is 25.4 Å². The first kappa shape index (κ1) is 48.7. The molecule has 0 aromatic heterocycles. The van der Waals surface area contributed by atoms with Gasteiger partial charge in [0, 0.05) is 0 Å². The zero-order chi connectivity index (χ0) is 6.28. The van der Waals surface area contributed by atoms with Crippen LogP contribution >= 0.6 is 0 Å². The Bertz CT molecular complexity index is 67.8. The van der Waals surface area contributed by atoms with Gasteiger partial charge in [-0.2, -0.15) is 0 Å². The SMILES string of the molecule is O.O=N[O-].O=[N+]([O-])[O-].[Cl-].[Na+].[Na+].[Na+]. The maximum Gasteiger partial charge on any atom is 1.00 e. The fourth-order valence-corrected chi connectivity index (χ4v) is 0. The molecule has 0 atom stereocenters. The largest absolute Gasteiger partial charge is 1.00 e. The maximum absolute atomic E-state index is 8.25. The van der Waals surface area contributed by atoms with Crippen molar-refractivity contribution < 1.29 is 112 Å². The van der Waals surface area contributed by atoms with Crippen molar-refractivity contribution in [3.8, 4) is 0 Å². The molecular weight excluding hydrogens is 228 g/mol. The molecule has 0 aromatic rings. The minimum absolute atomic E-state index is 0. The Balaban J connectivity index is -0.00000000597. The summed E-state index contributed by atoms with van der Waals surface area (Å²) in [6.45, 7) is 0. The van der Waals surface area contributed by atoms with Gasteiger partial charge in [0.15, 0.2) is 0 Å². The van der Waals surface area contributed by atoms with Gasteiger partial charge in [0.2, 0.25) is 0 Å². The van der Waals surface area contributed by atoms with Crippen molar-refractivity contribution in [3.05, 3.63) is 25.4 Å². The van der Waals surface area contributed by atoms with Crippen LogP contribution in [-0.4, -0.2) is 10.6 Å². The van der Waals surface area contributed by atoms with Gasteiger partial charge in [-0.15, -0.1) is 5.34 Å². The molecular formula is H2ClN2Na3O6. The van der Waals surface area contributed by atoms with Crippen LogP contribution in [0.1, 0.15) is 0 Å². The minimum Gasteiger partial charge on any atom is -1.00 e. The van der Waals surface area contributed by atoms with Crippen LogP contribution in [0.5, 0.6) is 0 Å². The second-order valence-corrected chi connectivity index (χ2v) is 0.298. The summed E-state index contributed by atoms with van der Waals surface area (Å²) in [6.07, 6.45) is 0. The van der Waals surface area contributed by atoms with E-state index >= 15 is 0 Å².